The maximum absolute atomic E-state index is 12.5. The molecule has 25 heavy (non-hydrogen) atoms. The first-order valence-corrected chi connectivity index (χ1v) is 7.27. The van der Waals surface area contributed by atoms with Gasteiger partial charge in [-0.25, -0.2) is 9.67 Å². The highest BCUT2D eigenvalue weighted by Crippen LogP contribution is 2.24. The number of aromatic amines is 1. The zero-order valence-electron chi connectivity index (χ0n) is 12.5. The zero-order chi connectivity index (χ0) is 17.6. The molecular formula is C17H10F3N3O2. The van der Waals surface area contributed by atoms with Crippen LogP contribution in [-0.4, -0.2) is 21.1 Å². The van der Waals surface area contributed by atoms with Crippen molar-refractivity contribution in [2.75, 3.05) is 0 Å². The number of H-pyrrole nitrogens is 1. The molecule has 0 saturated heterocycles. The molecule has 0 atom stereocenters. The normalized spacial score (nSPS) is 12.0. The minimum Gasteiger partial charge on any atom is -0.406 e. The van der Waals surface area contributed by atoms with Gasteiger partial charge in [0.05, 0.1) is 11.2 Å². The first kappa shape index (κ1) is 15.3. The highest BCUT2D eigenvalue weighted by Gasteiger charge is 2.31. The molecule has 4 aromatic rings. The lowest BCUT2D eigenvalue weighted by Crippen LogP contribution is -2.17. The topological polar surface area (TPSA) is 59.9 Å². The highest BCUT2D eigenvalue weighted by molar-refractivity contribution is 6.02. The minimum atomic E-state index is -4.76. The molecule has 2 heterocycles. The lowest BCUT2D eigenvalue weighted by atomic mass is 10.1. The molecule has 0 unspecified atom stereocenters. The number of benzene rings is 2. The zero-order valence-corrected chi connectivity index (χ0v) is 12.5. The summed E-state index contributed by atoms with van der Waals surface area (Å²) in [6.45, 7) is 0. The van der Waals surface area contributed by atoms with Gasteiger partial charge in [-0.15, -0.1) is 13.2 Å². The molecule has 0 spiro atoms. The molecule has 0 fully saturated rings. The lowest BCUT2D eigenvalue weighted by Gasteiger charge is -2.09. The number of pyridine rings is 1. The number of alkyl halides is 3. The van der Waals surface area contributed by atoms with Crippen LogP contribution >= 0.6 is 0 Å². The summed E-state index contributed by atoms with van der Waals surface area (Å²) < 4.78 is 41.7. The van der Waals surface area contributed by atoms with Crippen molar-refractivity contribution >= 4 is 21.8 Å². The summed E-state index contributed by atoms with van der Waals surface area (Å²) in [5.74, 6) is -0.357. The van der Waals surface area contributed by atoms with E-state index in [0.717, 1.165) is 22.9 Å². The second-order valence-electron chi connectivity index (χ2n) is 5.36. The van der Waals surface area contributed by atoms with Crippen molar-refractivity contribution < 1.29 is 17.9 Å². The average molecular weight is 345 g/mol. The second-order valence-corrected chi connectivity index (χ2v) is 5.36. The van der Waals surface area contributed by atoms with Crippen LogP contribution in [-0.2, 0) is 0 Å². The Hall–Kier alpha value is -3.29. The molecule has 0 aliphatic heterocycles. The second kappa shape index (κ2) is 5.37. The summed E-state index contributed by atoms with van der Waals surface area (Å²) in [6.07, 6.45) is -3.15. The van der Waals surface area contributed by atoms with E-state index in [-0.39, 0.29) is 16.8 Å². The standard InChI is InChI=1S/C17H10F3N3O2/c18-17(19,20)25-12-7-5-11(6-8-12)23-16(24)15-14(22-23)13-4-2-1-3-10(13)9-21-15/h1-9,22H. The van der Waals surface area contributed by atoms with Crippen LogP contribution in [0.5, 0.6) is 5.75 Å². The van der Waals surface area contributed by atoms with Gasteiger partial charge in [0.2, 0.25) is 0 Å². The summed E-state index contributed by atoms with van der Waals surface area (Å²) in [7, 11) is 0. The minimum absolute atomic E-state index is 0.259. The van der Waals surface area contributed by atoms with Gasteiger partial charge in [0.15, 0.2) is 5.52 Å². The maximum Gasteiger partial charge on any atom is 0.573 e. The van der Waals surface area contributed by atoms with Crippen molar-refractivity contribution in [2.45, 2.75) is 6.36 Å². The molecule has 0 radical (unpaired) electrons. The number of nitrogens with zero attached hydrogens (tertiary/aromatic N) is 2. The van der Waals surface area contributed by atoms with Gasteiger partial charge in [0, 0.05) is 17.0 Å². The van der Waals surface area contributed by atoms with E-state index < -0.39 is 6.36 Å². The number of ether oxygens (including phenoxy) is 1. The van der Waals surface area contributed by atoms with Crippen LogP contribution in [0.4, 0.5) is 13.2 Å². The Morgan fingerprint density at radius 3 is 2.48 bits per heavy atom. The van der Waals surface area contributed by atoms with E-state index in [0.29, 0.717) is 11.2 Å². The number of hydrogen-bond acceptors (Lipinski definition) is 3. The summed E-state index contributed by atoms with van der Waals surface area (Å²) in [5.41, 5.74) is 0.819. The van der Waals surface area contributed by atoms with E-state index in [1.54, 1.807) is 6.20 Å². The van der Waals surface area contributed by atoms with Gasteiger partial charge >= 0.3 is 6.36 Å². The average Bonchev–Trinajstić information content (AvgIpc) is 2.92. The van der Waals surface area contributed by atoms with Crippen LogP contribution in [0.2, 0.25) is 0 Å². The molecule has 0 amide bonds. The predicted molar refractivity (Wildman–Crippen MR) is 85.9 cm³/mol. The lowest BCUT2D eigenvalue weighted by molar-refractivity contribution is -0.274. The number of aromatic nitrogens is 3. The van der Waals surface area contributed by atoms with E-state index in [2.05, 4.69) is 14.8 Å². The molecule has 0 aliphatic carbocycles. The van der Waals surface area contributed by atoms with Crippen LogP contribution in [0.25, 0.3) is 27.5 Å². The van der Waals surface area contributed by atoms with E-state index in [4.69, 9.17) is 0 Å². The highest BCUT2D eigenvalue weighted by atomic mass is 19.4. The van der Waals surface area contributed by atoms with Crippen molar-refractivity contribution in [3.63, 3.8) is 0 Å². The van der Waals surface area contributed by atoms with E-state index >= 15 is 0 Å². The molecule has 0 aliphatic rings. The Kier molecular flexibility index (Phi) is 3.28. The molecule has 0 saturated carbocycles. The molecule has 1 N–H and O–H groups in total. The van der Waals surface area contributed by atoms with E-state index in [9.17, 15) is 18.0 Å². The largest absolute Gasteiger partial charge is 0.573 e. The van der Waals surface area contributed by atoms with E-state index in [1.807, 2.05) is 24.3 Å². The smallest absolute Gasteiger partial charge is 0.406 e. The van der Waals surface area contributed by atoms with Gasteiger partial charge in [-0.1, -0.05) is 24.3 Å². The first-order chi connectivity index (χ1) is 11.9. The third kappa shape index (κ3) is 2.71. The number of fused-ring (bicyclic) bond motifs is 3. The fraction of sp³-hybridized carbons (Fsp3) is 0.0588. The Labute approximate surface area is 138 Å². The molecule has 2 aromatic carbocycles. The van der Waals surface area contributed by atoms with Crippen LogP contribution in [0, 0.1) is 0 Å². The Morgan fingerprint density at radius 1 is 1.04 bits per heavy atom. The summed E-state index contributed by atoms with van der Waals surface area (Å²) in [4.78, 5) is 16.7. The molecule has 4 rings (SSSR count). The third-order valence-corrected chi connectivity index (χ3v) is 3.76. The Bertz CT molecular complexity index is 1130. The fourth-order valence-electron chi connectivity index (χ4n) is 2.69. The van der Waals surface area contributed by atoms with Crippen molar-refractivity contribution in [1.82, 2.24) is 14.8 Å². The van der Waals surface area contributed by atoms with Gasteiger partial charge in [-0.2, -0.15) is 0 Å². The number of rotatable bonds is 2. The molecule has 8 heteroatoms. The van der Waals surface area contributed by atoms with Crippen LogP contribution < -0.4 is 10.3 Å². The monoisotopic (exact) mass is 345 g/mol. The van der Waals surface area contributed by atoms with Gasteiger partial charge in [-0.3, -0.25) is 9.89 Å². The van der Waals surface area contributed by atoms with Crippen molar-refractivity contribution in [3.8, 4) is 11.4 Å². The summed E-state index contributed by atoms with van der Waals surface area (Å²) in [6, 6.07) is 12.5. The molecular weight excluding hydrogens is 335 g/mol. The number of hydrogen-bond donors (Lipinski definition) is 1. The van der Waals surface area contributed by atoms with Crippen LogP contribution in [0.1, 0.15) is 0 Å². The van der Waals surface area contributed by atoms with Gasteiger partial charge in [0.25, 0.3) is 5.56 Å². The molecule has 0 bridgehead atoms. The first-order valence-electron chi connectivity index (χ1n) is 7.27. The molecule has 5 nitrogen and oxygen atoms in total. The predicted octanol–water partition coefficient (Wildman–Crippen LogP) is 3.77. The Balaban J connectivity index is 1.83. The summed E-state index contributed by atoms with van der Waals surface area (Å²) >= 11 is 0. The third-order valence-electron chi connectivity index (χ3n) is 3.76. The van der Waals surface area contributed by atoms with Crippen molar-refractivity contribution in [2.24, 2.45) is 0 Å². The van der Waals surface area contributed by atoms with Crippen molar-refractivity contribution in [3.05, 3.63) is 65.1 Å². The molecule has 126 valence electrons. The quantitative estimate of drug-likeness (QED) is 0.602. The fourth-order valence-corrected chi connectivity index (χ4v) is 2.69. The van der Waals surface area contributed by atoms with Gasteiger partial charge < -0.3 is 4.74 Å². The SMILES string of the molecule is O=c1c2ncc3ccccc3c2[nH]n1-c1ccc(OC(F)(F)F)cc1. The summed E-state index contributed by atoms with van der Waals surface area (Å²) in [5, 5.41) is 4.68. The number of nitrogens with one attached hydrogen (secondary N) is 1. The van der Waals surface area contributed by atoms with Crippen molar-refractivity contribution in [1.29, 1.82) is 0 Å². The molecule has 2 aromatic heterocycles. The number of halogens is 3. The van der Waals surface area contributed by atoms with Gasteiger partial charge in [0.1, 0.15) is 5.75 Å². The maximum atomic E-state index is 12.5. The van der Waals surface area contributed by atoms with E-state index in [1.165, 1.54) is 16.8 Å². The Morgan fingerprint density at radius 2 is 1.76 bits per heavy atom. The van der Waals surface area contributed by atoms with Crippen LogP contribution in [0.15, 0.2) is 59.5 Å². The van der Waals surface area contributed by atoms with Gasteiger partial charge in [-0.05, 0) is 24.3 Å². The van der Waals surface area contributed by atoms with Crippen LogP contribution in [0.3, 0.4) is 0 Å².